The standard InChI is InChI=1S/C22H28N4O2.C2H6/c1-7-14(5)26-20-17(19(27)21(26)28)15(6)23-22(25-20)24-18-13(4)11-12(3)9-10-16(18)8-2;1-2/h9,11,14H,7-8,10H2,1-6H3,(H,23,24,25);1-2H3. The molecule has 162 valence electrons. The molecule has 1 aromatic rings. The molecule has 1 amide bonds. The Kier molecular flexibility index (Phi) is 7.71. The van der Waals surface area contributed by atoms with E-state index in [2.05, 4.69) is 48.2 Å². The third kappa shape index (κ3) is 4.37. The highest BCUT2D eigenvalue weighted by Crippen LogP contribution is 2.33. The smallest absolute Gasteiger partial charge is 0.301 e. The number of fused-ring (bicyclic) bond motifs is 1. The molecule has 1 N–H and O–H groups in total. The summed E-state index contributed by atoms with van der Waals surface area (Å²) in [6.45, 7) is 16.0. The minimum absolute atomic E-state index is 0.100. The van der Waals surface area contributed by atoms with Crippen molar-refractivity contribution in [2.45, 2.75) is 80.7 Å². The van der Waals surface area contributed by atoms with Gasteiger partial charge < -0.3 is 5.32 Å². The lowest BCUT2D eigenvalue weighted by molar-refractivity contribution is -0.114. The van der Waals surface area contributed by atoms with Crippen molar-refractivity contribution in [1.29, 1.82) is 0 Å². The molecule has 0 bridgehead atoms. The van der Waals surface area contributed by atoms with Crippen molar-refractivity contribution < 1.29 is 9.59 Å². The lowest BCUT2D eigenvalue weighted by Gasteiger charge is -2.23. The zero-order valence-corrected chi connectivity index (χ0v) is 19.5. The van der Waals surface area contributed by atoms with E-state index in [1.165, 1.54) is 16.0 Å². The normalized spacial score (nSPS) is 17.0. The molecule has 0 saturated heterocycles. The quantitative estimate of drug-likeness (QED) is 0.648. The monoisotopic (exact) mass is 410 g/mol. The van der Waals surface area contributed by atoms with E-state index in [9.17, 15) is 9.59 Å². The summed E-state index contributed by atoms with van der Waals surface area (Å²) in [6, 6.07) is -0.100. The third-order valence-corrected chi connectivity index (χ3v) is 5.50. The Bertz CT molecular complexity index is 941. The van der Waals surface area contributed by atoms with Crippen LogP contribution >= 0.6 is 0 Å². The maximum atomic E-state index is 12.5. The molecule has 1 aromatic heterocycles. The molecule has 2 heterocycles. The van der Waals surface area contributed by atoms with Crippen LogP contribution < -0.4 is 10.2 Å². The Morgan fingerprint density at radius 3 is 2.40 bits per heavy atom. The number of allylic oxidation sites excluding steroid dienone is 5. The summed E-state index contributed by atoms with van der Waals surface area (Å²) >= 11 is 0. The van der Waals surface area contributed by atoms with Crippen LogP contribution in [0, 0.1) is 6.92 Å². The number of rotatable bonds is 5. The van der Waals surface area contributed by atoms with Gasteiger partial charge in [0.05, 0.1) is 11.3 Å². The molecule has 1 unspecified atom stereocenters. The second-order valence-electron chi connectivity index (χ2n) is 7.53. The molecule has 30 heavy (non-hydrogen) atoms. The second-order valence-corrected chi connectivity index (χ2v) is 7.53. The van der Waals surface area contributed by atoms with E-state index in [1.807, 2.05) is 27.7 Å². The van der Waals surface area contributed by atoms with E-state index in [0.717, 1.165) is 30.5 Å². The van der Waals surface area contributed by atoms with Crippen molar-refractivity contribution in [1.82, 2.24) is 9.97 Å². The highest BCUT2D eigenvalue weighted by atomic mass is 16.2. The van der Waals surface area contributed by atoms with Gasteiger partial charge in [-0.2, -0.15) is 4.98 Å². The van der Waals surface area contributed by atoms with Crippen molar-refractivity contribution in [3.63, 3.8) is 0 Å². The number of nitrogens with zero attached hydrogens (tertiary/aromatic N) is 3. The molecule has 6 heteroatoms. The van der Waals surface area contributed by atoms with E-state index in [4.69, 9.17) is 0 Å². The van der Waals surface area contributed by atoms with Gasteiger partial charge in [0.1, 0.15) is 0 Å². The summed E-state index contributed by atoms with van der Waals surface area (Å²) in [4.78, 5) is 35.6. The van der Waals surface area contributed by atoms with Crippen LogP contribution in [0.4, 0.5) is 11.8 Å². The van der Waals surface area contributed by atoms with Crippen LogP contribution in [0.1, 0.15) is 83.8 Å². The van der Waals surface area contributed by atoms with Crippen molar-refractivity contribution in [2.75, 3.05) is 10.2 Å². The van der Waals surface area contributed by atoms with Gasteiger partial charge in [-0.3, -0.25) is 14.5 Å². The second kappa shape index (κ2) is 9.83. The highest BCUT2D eigenvalue weighted by molar-refractivity contribution is 6.52. The van der Waals surface area contributed by atoms with Crippen molar-refractivity contribution in [3.05, 3.63) is 45.8 Å². The number of hydrogen-bond acceptors (Lipinski definition) is 5. The number of Topliss-reactive ketones (excluding diaryl/α,β-unsaturated/α-hetero) is 1. The predicted octanol–water partition coefficient (Wildman–Crippen LogP) is 5.51. The number of hydrogen-bond donors (Lipinski definition) is 1. The Hall–Kier alpha value is -2.76. The topological polar surface area (TPSA) is 75.2 Å². The summed E-state index contributed by atoms with van der Waals surface area (Å²) in [5, 5.41) is 3.38. The van der Waals surface area contributed by atoms with Crippen LogP contribution in [0.2, 0.25) is 0 Å². The summed E-state index contributed by atoms with van der Waals surface area (Å²) < 4.78 is 0. The van der Waals surface area contributed by atoms with E-state index < -0.39 is 11.7 Å². The fraction of sp³-hybridized carbons (Fsp3) is 0.500. The molecule has 0 spiro atoms. The van der Waals surface area contributed by atoms with Crippen LogP contribution in [0.5, 0.6) is 0 Å². The lowest BCUT2D eigenvalue weighted by Crippen LogP contribution is -2.37. The van der Waals surface area contributed by atoms with Crippen LogP contribution in [0.3, 0.4) is 0 Å². The average Bonchev–Trinajstić information content (AvgIpc) is 2.89. The van der Waals surface area contributed by atoms with Gasteiger partial charge in [-0.05, 0) is 58.1 Å². The van der Waals surface area contributed by atoms with Gasteiger partial charge in [-0.1, -0.05) is 45.4 Å². The van der Waals surface area contributed by atoms with E-state index >= 15 is 0 Å². The number of aryl methyl sites for hydroxylation is 1. The lowest BCUT2D eigenvalue weighted by atomic mass is 10.0. The van der Waals surface area contributed by atoms with Crippen LogP contribution in [-0.2, 0) is 4.79 Å². The van der Waals surface area contributed by atoms with Crippen molar-refractivity contribution >= 4 is 23.5 Å². The fourth-order valence-electron chi connectivity index (χ4n) is 3.72. The molecule has 1 aliphatic carbocycles. The molecule has 0 saturated carbocycles. The van der Waals surface area contributed by atoms with Crippen LogP contribution in [-0.4, -0.2) is 27.7 Å². The molecule has 2 aliphatic rings. The maximum Gasteiger partial charge on any atom is 0.301 e. The van der Waals surface area contributed by atoms with Crippen LogP contribution in [0.25, 0.3) is 0 Å². The zero-order chi connectivity index (χ0) is 22.6. The molecular formula is C24H34N4O2. The van der Waals surface area contributed by atoms with Gasteiger partial charge in [0.2, 0.25) is 5.95 Å². The largest absolute Gasteiger partial charge is 0.324 e. The number of aromatic nitrogens is 2. The van der Waals surface area contributed by atoms with Crippen molar-refractivity contribution in [2.24, 2.45) is 0 Å². The van der Waals surface area contributed by atoms with Gasteiger partial charge >= 0.3 is 5.91 Å². The average molecular weight is 411 g/mol. The van der Waals surface area contributed by atoms with Gasteiger partial charge in [0, 0.05) is 11.7 Å². The Morgan fingerprint density at radius 1 is 1.13 bits per heavy atom. The first kappa shape index (κ1) is 23.5. The zero-order valence-electron chi connectivity index (χ0n) is 19.5. The van der Waals surface area contributed by atoms with Gasteiger partial charge in [0.15, 0.2) is 5.82 Å². The molecule has 6 nitrogen and oxygen atoms in total. The predicted molar refractivity (Wildman–Crippen MR) is 123 cm³/mol. The Morgan fingerprint density at radius 2 is 1.80 bits per heavy atom. The van der Waals surface area contributed by atoms with E-state index in [1.54, 1.807) is 6.92 Å². The summed E-state index contributed by atoms with van der Waals surface area (Å²) in [6.07, 6.45) is 6.88. The highest BCUT2D eigenvalue weighted by Gasteiger charge is 2.41. The number of nitrogens with one attached hydrogen (secondary N) is 1. The summed E-state index contributed by atoms with van der Waals surface area (Å²) in [5.74, 6) is -0.196. The number of ketones is 1. The molecular weight excluding hydrogens is 376 g/mol. The van der Waals surface area contributed by atoms with Gasteiger partial charge in [0.25, 0.3) is 5.78 Å². The SMILES string of the molecule is CC.CCC1=C(Nc2nc(C)c3c(n2)N(C(C)CC)C(=O)C3=O)C(C)=CC(C)=CC1. The Labute approximate surface area is 180 Å². The number of carbonyl (C=O) groups is 2. The third-order valence-electron chi connectivity index (χ3n) is 5.50. The Balaban J connectivity index is 0.00000155. The number of anilines is 2. The molecule has 0 radical (unpaired) electrons. The first-order valence-corrected chi connectivity index (χ1v) is 10.9. The molecule has 1 atom stereocenters. The minimum atomic E-state index is -0.516. The fourth-order valence-corrected chi connectivity index (χ4v) is 3.72. The van der Waals surface area contributed by atoms with Crippen LogP contribution in [0.15, 0.2) is 34.6 Å². The molecule has 0 fully saturated rings. The molecule has 3 rings (SSSR count). The molecule has 0 aromatic carbocycles. The number of carbonyl (C=O) groups excluding carboxylic acids is 2. The van der Waals surface area contributed by atoms with E-state index in [0.29, 0.717) is 23.0 Å². The molecule has 1 aliphatic heterocycles. The minimum Gasteiger partial charge on any atom is -0.324 e. The van der Waals surface area contributed by atoms with Crippen molar-refractivity contribution in [3.8, 4) is 0 Å². The van der Waals surface area contributed by atoms with E-state index in [-0.39, 0.29) is 6.04 Å². The van der Waals surface area contributed by atoms with Gasteiger partial charge in [-0.25, -0.2) is 4.98 Å². The van der Waals surface area contributed by atoms with Gasteiger partial charge in [-0.15, -0.1) is 0 Å². The number of amides is 1. The summed E-state index contributed by atoms with van der Waals surface area (Å²) in [5.41, 5.74) is 5.49. The maximum absolute atomic E-state index is 12.5. The first-order valence-electron chi connectivity index (χ1n) is 10.9. The summed E-state index contributed by atoms with van der Waals surface area (Å²) in [7, 11) is 0. The first-order chi connectivity index (χ1) is 14.3.